The molecule has 10 heteroatoms. The van der Waals surface area contributed by atoms with E-state index >= 15 is 0 Å². The fourth-order valence-electron chi connectivity index (χ4n) is 5.44. The normalized spacial score (nSPS) is 18.7. The van der Waals surface area contributed by atoms with Gasteiger partial charge in [-0.05, 0) is 42.5 Å². The molecule has 10 nitrogen and oxygen atoms in total. The number of amides is 1. The molecule has 37 heavy (non-hydrogen) atoms. The number of carbonyl (C=O) groups is 1. The van der Waals surface area contributed by atoms with E-state index in [0.717, 1.165) is 59.7 Å². The van der Waals surface area contributed by atoms with Gasteiger partial charge in [-0.2, -0.15) is 10.2 Å². The van der Waals surface area contributed by atoms with Crippen LogP contribution < -0.4 is 5.73 Å². The summed E-state index contributed by atoms with van der Waals surface area (Å²) in [6, 6.07) is 12.6. The number of nitrogens with zero attached hydrogens (tertiary/aromatic N) is 6. The fraction of sp³-hybridized carbons (Fsp3) is 0.407. The minimum absolute atomic E-state index is 0.0647. The maximum Gasteiger partial charge on any atom is 0.410 e. The van der Waals surface area contributed by atoms with Gasteiger partial charge in [0.15, 0.2) is 5.82 Å². The number of nitrogen functional groups attached to an aromatic ring is 1. The van der Waals surface area contributed by atoms with Gasteiger partial charge in [-0.1, -0.05) is 32.0 Å². The zero-order valence-corrected chi connectivity index (χ0v) is 21.1. The van der Waals surface area contributed by atoms with Crippen molar-refractivity contribution < 1.29 is 14.3 Å². The van der Waals surface area contributed by atoms with Crippen LogP contribution in [0.25, 0.3) is 28.0 Å². The molecule has 0 bridgehead atoms. The highest BCUT2D eigenvalue weighted by atomic mass is 16.6. The lowest BCUT2D eigenvalue weighted by atomic mass is 10.0. The number of anilines is 1. The molecule has 2 fully saturated rings. The minimum atomic E-state index is -0.263. The Kier molecular flexibility index (Phi) is 6.03. The van der Waals surface area contributed by atoms with Crippen LogP contribution in [0.3, 0.4) is 0 Å². The van der Waals surface area contributed by atoms with Crippen molar-refractivity contribution in [3.8, 4) is 22.5 Å². The third-order valence-electron chi connectivity index (χ3n) is 7.42. The smallest absolute Gasteiger partial charge is 0.410 e. The van der Waals surface area contributed by atoms with Crippen molar-refractivity contribution in [2.24, 2.45) is 5.92 Å². The van der Waals surface area contributed by atoms with Gasteiger partial charge in [0.25, 0.3) is 0 Å². The van der Waals surface area contributed by atoms with Crippen LogP contribution in [-0.4, -0.2) is 61.2 Å². The highest BCUT2D eigenvalue weighted by Crippen LogP contribution is 2.37. The Bertz CT molecular complexity index is 1440. The van der Waals surface area contributed by atoms with Crippen LogP contribution in [0.4, 0.5) is 10.6 Å². The monoisotopic (exact) mass is 501 g/mol. The third-order valence-corrected chi connectivity index (χ3v) is 7.42. The van der Waals surface area contributed by atoms with Crippen LogP contribution in [0.5, 0.6) is 0 Å². The summed E-state index contributed by atoms with van der Waals surface area (Å²) in [6.07, 6.45) is 4.87. The van der Waals surface area contributed by atoms with Gasteiger partial charge in [0, 0.05) is 37.1 Å². The number of fused-ring (bicyclic) bond motifs is 1. The van der Waals surface area contributed by atoms with Crippen molar-refractivity contribution in [2.45, 2.75) is 45.3 Å². The lowest BCUT2D eigenvalue weighted by molar-refractivity contribution is 0.0667. The van der Waals surface area contributed by atoms with Crippen LogP contribution in [0.2, 0.25) is 0 Å². The molecule has 1 atom stereocenters. The molecule has 3 aromatic heterocycles. The van der Waals surface area contributed by atoms with Gasteiger partial charge in [-0.25, -0.2) is 14.3 Å². The van der Waals surface area contributed by atoms with Crippen molar-refractivity contribution in [1.29, 1.82) is 0 Å². The summed E-state index contributed by atoms with van der Waals surface area (Å²) in [7, 11) is 0. The molecule has 2 N–H and O–H groups in total. The summed E-state index contributed by atoms with van der Waals surface area (Å²) in [5.74, 6) is 0.721. The quantitative estimate of drug-likeness (QED) is 0.422. The Labute approximate surface area is 215 Å². The highest BCUT2D eigenvalue weighted by molar-refractivity contribution is 5.91. The second-order valence-corrected chi connectivity index (χ2v) is 10.1. The van der Waals surface area contributed by atoms with Crippen molar-refractivity contribution >= 4 is 17.4 Å². The van der Waals surface area contributed by atoms with Crippen LogP contribution in [0.15, 0.2) is 48.9 Å². The van der Waals surface area contributed by atoms with Crippen molar-refractivity contribution in [3.63, 3.8) is 0 Å². The third kappa shape index (κ3) is 4.21. The molecule has 1 unspecified atom stereocenters. The van der Waals surface area contributed by atoms with Crippen LogP contribution in [0, 0.1) is 5.92 Å². The molecule has 0 radical (unpaired) electrons. The molecule has 2 aliphatic heterocycles. The summed E-state index contributed by atoms with van der Waals surface area (Å²) in [5, 5.41) is 9.22. The number of benzene rings is 1. The topological polar surface area (TPSA) is 113 Å². The average Bonchev–Trinajstić information content (AvgIpc) is 3.63. The van der Waals surface area contributed by atoms with Crippen molar-refractivity contribution in [3.05, 3.63) is 54.5 Å². The van der Waals surface area contributed by atoms with Gasteiger partial charge in [0.2, 0.25) is 0 Å². The number of rotatable bonds is 6. The molecular weight excluding hydrogens is 470 g/mol. The maximum atomic E-state index is 12.4. The Balaban J connectivity index is 1.41. The zero-order chi connectivity index (χ0) is 25.5. The Hall–Kier alpha value is -3.92. The number of nitrogens with two attached hydrogens (primary N) is 1. The van der Waals surface area contributed by atoms with E-state index in [4.69, 9.17) is 15.2 Å². The van der Waals surface area contributed by atoms with Crippen molar-refractivity contribution in [1.82, 2.24) is 29.3 Å². The van der Waals surface area contributed by atoms with E-state index in [1.807, 2.05) is 39.9 Å². The van der Waals surface area contributed by atoms with E-state index in [0.29, 0.717) is 24.9 Å². The largest absolute Gasteiger partial charge is 0.447 e. The van der Waals surface area contributed by atoms with E-state index in [-0.39, 0.29) is 18.2 Å². The van der Waals surface area contributed by atoms with Crippen molar-refractivity contribution in [2.75, 3.05) is 25.6 Å². The SMILES string of the molecule is CC(C)C1COC(=O)N1Cc1cccc(-c2cc(-c3ccnn3C3CCOCC3)c3c(N)ncnn23)c1. The summed E-state index contributed by atoms with van der Waals surface area (Å²) >= 11 is 0. The second kappa shape index (κ2) is 9.51. The Morgan fingerprint density at radius 3 is 2.76 bits per heavy atom. The predicted octanol–water partition coefficient (Wildman–Crippen LogP) is 4.17. The van der Waals surface area contributed by atoms with E-state index in [2.05, 4.69) is 45.8 Å². The molecule has 4 aromatic rings. The zero-order valence-electron chi connectivity index (χ0n) is 21.1. The Morgan fingerprint density at radius 1 is 1.11 bits per heavy atom. The summed E-state index contributed by atoms with van der Waals surface area (Å²) in [5.41, 5.74) is 12.0. The molecule has 2 aliphatic rings. The first-order valence-corrected chi connectivity index (χ1v) is 12.8. The van der Waals surface area contributed by atoms with Gasteiger partial charge in [-0.15, -0.1) is 0 Å². The number of ether oxygens (including phenoxy) is 2. The lowest BCUT2D eigenvalue weighted by Crippen LogP contribution is -2.36. The van der Waals surface area contributed by atoms with Crippen LogP contribution >= 0.6 is 0 Å². The molecule has 0 spiro atoms. The van der Waals surface area contributed by atoms with Crippen LogP contribution in [0.1, 0.15) is 38.3 Å². The van der Waals surface area contributed by atoms with Crippen LogP contribution in [-0.2, 0) is 16.0 Å². The molecule has 0 saturated carbocycles. The fourth-order valence-corrected chi connectivity index (χ4v) is 5.44. The first kappa shape index (κ1) is 23.5. The molecule has 6 rings (SSSR count). The summed E-state index contributed by atoms with van der Waals surface area (Å²) < 4.78 is 14.8. The summed E-state index contributed by atoms with van der Waals surface area (Å²) in [6.45, 7) is 6.59. The number of hydrogen-bond acceptors (Lipinski definition) is 7. The minimum Gasteiger partial charge on any atom is -0.447 e. The van der Waals surface area contributed by atoms with E-state index in [1.165, 1.54) is 6.33 Å². The number of cyclic esters (lactones) is 1. The predicted molar refractivity (Wildman–Crippen MR) is 139 cm³/mol. The molecule has 192 valence electrons. The standard InChI is InChI=1S/C27H31N7O3/c1-17(2)24-15-37-27(35)32(24)14-18-4-3-5-19(12-18)23-13-21(25-26(28)29-16-31-34(23)25)22-6-9-30-33(22)20-7-10-36-11-8-20/h3-6,9,12-13,16-17,20,24H,7-8,10-11,14-15H2,1-2H3,(H2,28,29,31). The summed E-state index contributed by atoms with van der Waals surface area (Å²) in [4.78, 5) is 18.5. The molecule has 5 heterocycles. The van der Waals surface area contributed by atoms with Gasteiger partial charge in [0.05, 0.1) is 23.5 Å². The second-order valence-electron chi connectivity index (χ2n) is 10.1. The number of aromatic nitrogens is 5. The van der Waals surface area contributed by atoms with E-state index < -0.39 is 0 Å². The average molecular weight is 502 g/mol. The molecule has 2 saturated heterocycles. The number of carbonyl (C=O) groups excluding carboxylic acids is 1. The highest BCUT2D eigenvalue weighted by Gasteiger charge is 2.35. The van der Waals surface area contributed by atoms with Gasteiger partial charge >= 0.3 is 6.09 Å². The van der Waals surface area contributed by atoms with E-state index in [1.54, 1.807) is 0 Å². The van der Waals surface area contributed by atoms with Gasteiger partial charge in [-0.3, -0.25) is 9.58 Å². The van der Waals surface area contributed by atoms with Gasteiger partial charge in [0.1, 0.15) is 18.5 Å². The van der Waals surface area contributed by atoms with Gasteiger partial charge < -0.3 is 15.2 Å². The first-order chi connectivity index (χ1) is 18.0. The maximum absolute atomic E-state index is 12.4. The number of hydrogen-bond donors (Lipinski definition) is 1. The first-order valence-electron chi connectivity index (χ1n) is 12.8. The van der Waals surface area contributed by atoms with E-state index in [9.17, 15) is 4.79 Å². The Morgan fingerprint density at radius 2 is 1.95 bits per heavy atom. The molecule has 1 aromatic carbocycles. The lowest BCUT2D eigenvalue weighted by Gasteiger charge is -2.24. The molecule has 0 aliphatic carbocycles. The molecule has 1 amide bonds. The molecular formula is C27H31N7O3.